The number of nitrogens with one attached hydrogen (secondary N) is 1. The number of hydrogen-bond donors (Lipinski definition) is 1. The summed E-state index contributed by atoms with van der Waals surface area (Å²) in [5.74, 6) is 0.655. The molecule has 0 saturated carbocycles. The molecule has 5 nitrogen and oxygen atoms in total. The van der Waals surface area contributed by atoms with Gasteiger partial charge < -0.3 is 10.1 Å². The van der Waals surface area contributed by atoms with Gasteiger partial charge in [0.2, 0.25) is 5.91 Å². The van der Waals surface area contributed by atoms with Crippen molar-refractivity contribution >= 4 is 28.4 Å². The van der Waals surface area contributed by atoms with Gasteiger partial charge in [-0.2, -0.15) is 5.10 Å². The summed E-state index contributed by atoms with van der Waals surface area (Å²) in [7, 11) is 1.62. The van der Waals surface area contributed by atoms with Crippen molar-refractivity contribution in [3.05, 3.63) is 59.2 Å². The molecule has 3 aromatic rings. The Morgan fingerprint density at radius 2 is 2.13 bits per heavy atom. The van der Waals surface area contributed by atoms with Crippen LogP contribution in [-0.2, 0) is 17.9 Å². The second-order valence-electron chi connectivity index (χ2n) is 5.10. The number of ether oxygens (including phenoxy) is 1. The molecule has 1 aromatic heterocycles. The highest BCUT2D eigenvalue weighted by Crippen LogP contribution is 2.22. The minimum atomic E-state index is -0.113. The average molecular weight is 330 g/mol. The van der Waals surface area contributed by atoms with Crippen LogP contribution in [0.3, 0.4) is 0 Å². The van der Waals surface area contributed by atoms with Crippen LogP contribution < -0.4 is 10.1 Å². The van der Waals surface area contributed by atoms with Crippen molar-refractivity contribution in [2.45, 2.75) is 13.1 Å². The Morgan fingerprint density at radius 3 is 2.96 bits per heavy atom. The minimum absolute atomic E-state index is 0.113. The van der Waals surface area contributed by atoms with Crippen LogP contribution in [-0.4, -0.2) is 22.8 Å². The summed E-state index contributed by atoms with van der Waals surface area (Å²) in [5, 5.41) is 8.58. The van der Waals surface area contributed by atoms with Gasteiger partial charge >= 0.3 is 0 Å². The van der Waals surface area contributed by atoms with E-state index >= 15 is 0 Å². The highest BCUT2D eigenvalue weighted by atomic mass is 35.5. The molecule has 0 spiro atoms. The van der Waals surface area contributed by atoms with Gasteiger partial charge in [0, 0.05) is 11.9 Å². The molecule has 0 unspecified atom stereocenters. The van der Waals surface area contributed by atoms with Gasteiger partial charge in [-0.15, -0.1) is 0 Å². The molecule has 1 N–H and O–H groups in total. The fourth-order valence-electron chi connectivity index (χ4n) is 2.37. The van der Waals surface area contributed by atoms with E-state index in [2.05, 4.69) is 10.4 Å². The van der Waals surface area contributed by atoms with E-state index in [4.69, 9.17) is 16.3 Å². The molecule has 0 fully saturated rings. The highest BCUT2D eigenvalue weighted by Gasteiger charge is 2.09. The monoisotopic (exact) mass is 329 g/mol. The van der Waals surface area contributed by atoms with Crippen LogP contribution in [0.4, 0.5) is 0 Å². The number of halogens is 1. The van der Waals surface area contributed by atoms with Crippen molar-refractivity contribution < 1.29 is 9.53 Å². The minimum Gasteiger partial charge on any atom is -0.497 e. The molecule has 0 bridgehead atoms. The zero-order chi connectivity index (χ0) is 16.2. The second-order valence-corrected chi connectivity index (χ2v) is 5.51. The van der Waals surface area contributed by atoms with E-state index in [-0.39, 0.29) is 12.5 Å². The molecule has 0 aliphatic carbocycles. The third-order valence-corrected chi connectivity index (χ3v) is 3.88. The smallest absolute Gasteiger partial charge is 0.242 e. The maximum atomic E-state index is 12.1. The Labute approximate surface area is 138 Å². The van der Waals surface area contributed by atoms with Crippen LogP contribution >= 0.6 is 11.6 Å². The first-order valence-corrected chi connectivity index (χ1v) is 7.55. The second kappa shape index (κ2) is 6.71. The molecular weight excluding hydrogens is 314 g/mol. The molecule has 0 aliphatic heterocycles. The standard InChI is InChI=1S/C17H16ClN3O2/c1-23-13-5-2-4-12(8-13)9-19-17(22)11-21-16-7-3-6-15(18)14(16)10-20-21/h2-8,10H,9,11H2,1H3,(H,19,22). The lowest BCUT2D eigenvalue weighted by molar-refractivity contribution is -0.121. The number of carbonyl (C=O) groups is 1. The molecule has 23 heavy (non-hydrogen) atoms. The van der Waals surface area contributed by atoms with E-state index in [1.165, 1.54) is 0 Å². The van der Waals surface area contributed by atoms with Crippen molar-refractivity contribution in [1.82, 2.24) is 15.1 Å². The highest BCUT2D eigenvalue weighted by molar-refractivity contribution is 6.35. The van der Waals surface area contributed by atoms with E-state index in [1.807, 2.05) is 36.4 Å². The van der Waals surface area contributed by atoms with Gasteiger partial charge in [0.05, 0.1) is 23.8 Å². The van der Waals surface area contributed by atoms with Crippen molar-refractivity contribution in [3.8, 4) is 5.75 Å². The van der Waals surface area contributed by atoms with Crippen LogP contribution in [0.5, 0.6) is 5.75 Å². The maximum Gasteiger partial charge on any atom is 0.242 e. The number of nitrogens with zero attached hydrogens (tertiary/aromatic N) is 2. The van der Waals surface area contributed by atoms with Gasteiger partial charge in [-0.05, 0) is 29.8 Å². The molecule has 1 heterocycles. The number of benzene rings is 2. The maximum absolute atomic E-state index is 12.1. The predicted molar refractivity (Wildman–Crippen MR) is 89.6 cm³/mol. The molecule has 0 saturated heterocycles. The number of methoxy groups -OCH3 is 1. The molecule has 0 aliphatic rings. The molecule has 1 amide bonds. The van der Waals surface area contributed by atoms with Gasteiger partial charge in [-0.25, -0.2) is 0 Å². The zero-order valence-corrected chi connectivity index (χ0v) is 13.4. The van der Waals surface area contributed by atoms with E-state index < -0.39 is 0 Å². The van der Waals surface area contributed by atoms with Crippen molar-refractivity contribution in [3.63, 3.8) is 0 Å². The van der Waals surface area contributed by atoms with Gasteiger partial charge in [0.1, 0.15) is 12.3 Å². The normalized spacial score (nSPS) is 10.7. The first-order valence-electron chi connectivity index (χ1n) is 7.17. The first-order chi connectivity index (χ1) is 11.2. The summed E-state index contributed by atoms with van der Waals surface area (Å²) in [6, 6.07) is 13.1. The number of carbonyl (C=O) groups excluding carboxylic acids is 1. The Hall–Kier alpha value is -2.53. The van der Waals surface area contributed by atoms with Crippen molar-refractivity contribution in [1.29, 1.82) is 0 Å². The molecule has 0 radical (unpaired) electrons. The lowest BCUT2D eigenvalue weighted by Gasteiger charge is -2.08. The van der Waals surface area contributed by atoms with Crippen LogP contribution in [0.2, 0.25) is 5.02 Å². The third-order valence-electron chi connectivity index (χ3n) is 3.55. The zero-order valence-electron chi connectivity index (χ0n) is 12.6. The summed E-state index contributed by atoms with van der Waals surface area (Å²) >= 11 is 6.11. The predicted octanol–water partition coefficient (Wildman–Crippen LogP) is 3.01. The molecular formula is C17H16ClN3O2. The molecule has 118 valence electrons. The van der Waals surface area contributed by atoms with Crippen LogP contribution in [0.15, 0.2) is 48.7 Å². The number of aromatic nitrogens is 2. The summed E-state index contributed by atoms with van der Waals surface area (Å²) in [6.07, 6.45) is 1.67. The Morgan fingerprint density at radius 1 is 1.30 bits per heavy atom. The fourth-order valence-corrected chi connectivity index (χ4v) is 2.59. The Kier molecular flexibility index (Phi) is 4.48. The van der Waals surface area contributed by atoms with E-state index in [0.29, 0.717) is 11.6 Å². The Bertz CT molecular complexity index is 845. The summed E-state index contributed by atoms with van der Waals surface area (Å²) in [4.78, 5) is 12.1. The number of amides is 1. The van der Waals surface area contributed by atoms with E-state index in [1.54, 1.807) is 24.1 Å². The molecule has 3 rings (SSSR count). The summed E-state index contributed by atoms with van der Waals surface area (Å²) in [5.41, 5.74) is 1.82. The van der Waals surface area contributed by atoms with Crippen molar-refractivity contribution in [2.24, 2.45) is 0 Å². The lowest BCUT2D eigenvalue weighted by atomic mass is 10.2. The van der Waals surface area contributed by atoms with Gasteiger partial charge in [0.25, 0.3) is 0 Å². The van der Waals surface area contributed by atoms with Crippen LogP contribution in [0, 0.1) is 0 Å². The van der Waals surface area contributed by atoms with E-state index in [9.17, 15) is 4.79 Å². The number of hydrogen-bond acceptors (Lipinski definition) is 3. The Balaban J connectivity index is 1.65. The van der Waals surface area contributed by atoms with Crippen LogP contribution in [0.25, 0.3) is 10.9 Å². The first kappa shape index (κ1) is 15.4. The molecule has 6 heteroatoms. The fraction of sp³-hybridized carbons (Fsp3) is 0.176. The SMILES string of the molecule is COc1cccc(CNC(=O)Cn2ncc3c(Cl)cccc32)c1. The summed E-state index contributed by atoms with van der Waals surface area (Å²) in [6.45, 7) is 0.587. The van der Waals surface area contributed by atoms with Gasteiger partial charge in [-0.3, -0.25) is 9.48 Å². The topological polar surface area (TPSA) is 56.1 Å². The average Bonchev–Trinajstić information content (AvgIpc) is 2.97. The van der Waals surface area contributed by atoms with Crippen molar-refractivity contribution in [2.75, 3.05) is 7.11 Å². The molecule has 2 aromatic carbocycles. The van der Waals surface area contributed by atoms with Gasteiger partial charge in [0.15, 0.2) is 0 Å². The summed E-state index contributed by atoms with van der Waals surface area (Å²) < 4.78 is 6.81. The number of fused-ring (bicyclic) bond motifs is 1. The quantitative estimate of drug-likeness (QED) is 0.783. The number of rotatable bonds is 5. The molecule has 0 atom stereocenters. The van der Waals surface area contributed by atoms with Gasteiger partial charge in [-0.1, -0.05) is 29.8 Å². The van der Waals surface area contributed by atoms with E-state index in [0.717, 1.165) is 22.2 Å². The lowest BCUT2D eigenvalue weighted by Crippen LogP contribution is -2.27. The van der Waals surface area contributed by atoms with Crippen LogP contribution in [0.1, 0.15) is 5.56 Å². The largest absolute Gasteiger partial charge is 0.497 e. The third kappa shape index (κ3) is 3.46.